The molecule has 0 bridgehead atoms. The maximum atomic E-state index is 12.4. The van der Waals surface area contributed by atoms with Crippen molar-refractivity contribution in [3.05, 3.63) is 41.6 Å². The van der Waals surface area contributed by atoms with Gasteiger partial charge in [0, 0.05) is 0 Å². The fraction of sp³-hybridized carbons (Fsp3) is 0. The highest BCUT2D eigenvalue weighted by atomic mass is 35.5. The van der Waals surface area contributed by atoms with Crippen molar-refractivity contribution in [1.29, 1.82) is 0 Å². The van der Waals surface area contributed by atoms with Gasteiger partial charge in [-0.1, -0.05) is 11.6 Å². The Morgan fingerprint density at radius 3 is 2.75 bits per heavy atom. The Morgan fingerprint density at radius 2 is 2.19 bits per heavy atom. The second-order valence-electron chi connectivity index (χ2n) is 2.79. The monoisotopic (exact) mass is 241 g/mol. The van der Waals surface area contributed by atoms with Crippen molar-refractivity contribution >= 4 is 23.2 Å². The lowest BCUT2D eigenvalue weighted by molar-refractivity contribution is 0.0982. The van der Waals surface area contributed by atoms with Gasteiger partial charge >= 0.3 is 5.91 Å². The van der Waals surface area contributed by atoms with Gasteiger partial charge in [0.2, 0.25) is 0 Å². The zero-order valence-electron chi connectivity index (χ0n) is 7.78. The number of aromatic nitrogens is 2. The number of carbonyl (C=O) groups is 1. The standard InChI is InChI=1S/C9H5ClFN3O2/c10-6-2-1-5(3-12-6)14-8(15)9-13-4-7(11)16-9/h1-4H,(H,14,15). The zero-order valence-corrected chi connectivity index (χ0v) is 8.53. The van der Waals surface area contributed by atoms with Gasteiger partial charge in [-0.3, -0.25) is 4.79 Å². The summed E-state index contributed by atoms with van der Waals surface area (Å²) < 4.78 is 16.8. The number of anilines is 1. The lowest BCUT2D eigenvalue weighted by atomic mass is 10.4. The normalized spacial score (nSPS) is 10.1. The minimum atomic E-state index is -0.917. The molecule has 0 aliphatic carbocycles. The third kappa shape index (κ3) is 2.34. The molecule has 0 unspecified atom stereocenters. The number of pyridine rings is 1. The molecule has 2 rings (SSSR count). The van der Waals surface area contributed by atoms with Crippen LogP contribution < -0.4 is 5.32 Å². The van der Waals surface area contributed by atoms with E-state index in [9.17, 15) is 9.18 Å². The second kappa shape index (κ2) is 4.28. The van der Waals surface area contributed by atoms with Gasteiger partial charge in [-0.15, -0.1) is 0 Å². The summed E-state index contributed by atoms with van der Waals surface area (Å²) in [5.41, 5.74) is 0.410. The number of halogens is 2. The third-order valence-corrected chi connectivity index (χ3v) is 1.88. The molecule has 0 saturated heterocycles. The first-order valence-electron chi connectivity index (χ1n) is 4.19. The summed E-state index contributed by atoms with van der Waals surface area (Å²) in [6, 6.07) is 2.14. The van der Waals surface area contributed by atoms with E-state index in [1.54, 1.807) is 6.07 Å². The Hall–Kier alpha value is -1.95. The van der Waals surface area contributed by atoms with Crippen LogP contribution in [0.15, 0.2) is 28.9 Å². The third-order valence-electron chi connectivity index (χ3n) is 1.66. The largest absolute Gasteiger partial charge is 0.406 e. The van der Waals surface area contributed by atoms with Crippen molar-refractivity contribution in [3.63, 3.8) is 0 Å². The molecule has 16 heavy (non-hydrogen) atoms. The fourth-order valence-corrected chi connectivity index (χ4v) is 1.11. The van der Waals surface area contributed by atoms with E-state index in [1.807, 2.05) is 0 Å². The minimum absolute atomic E-state index is 0.306. The first-order valence-corrected chi connectivity index (χ1v) is 4.57. The number of amides is 1. The number of nitrogens with zero attached hydrogens (tertiary/aromatic N) is 2. The van der Waals surface area contributed by atoms with Crippen molar-refractivity contribution < 1.29 is 13.6 Å². The molecule has 0 aliphatic rings. The van der Waals surface area contributed by atoms with Gasteiger partial charge in [-0.2, -0.15) is 4.39 Å². The van der Waals surface area contributed by atoms with E-state index in [1.165, 1.54) is 12.3 Å². The average Bonchev–Trinajstić information content (AvgIpc) is 2.68. The van der Waals surface area contributed by atoms with E-state index in [0.29, 0.717) is 10.8 Å². The number of nitrogens with one attached hydrogen (secondary N) is 1. The Kier molecular flexibility index (Phi) is 2.82. The molecule has 0 spiro atoms. The van der Waals surface area contributed by atoms with Crippen LogP contribution in [0.4, 0.5) is 10.1 Å². The summed E-state index contributed by atoms with van der Waals surface area (Å²) in [5, 5.41) is 2.72. The molecule has 7 heteroatoms. The summed E-state index contributed by atoms with van der Waals surface area (Å²) in [6.07, 6.45) is 2.18. The van der Waals surface area contributed by atoms with E-state index < -0.39 is 11.9 Å². The van der Waals surface area contributed by atoms with Crippen LogP contribution in [0.25, 0.3) is 0 Å². The number of carbonyl (C=O) groups excluding carboxylic acids is 1. The van der Waals surface area contributed by atoms with Gasteiger partial charge in [0.1, 0.15) is 11.3 Å². The topological polar surface area (TPSA) is 68.0 Å². The molecule has 0 aliphatic heterocycles. The maximum absolute atomic E-state index is 12.4. The van der Waals surface area contributed by atoms with E-state index in [2.05, 4.69) is 19.7 Å². The summed E-state index contributed by atoms with van der Waals surface area (Å²) in [4.78, 5) is 18.6. The van der Waals surface area contributed by atoms with Gasteiger partial charge in [0.25, 0.3) is 11.9 Å². The van der Waals surface area contributed by atoms with E-state index >= 15 is 0 Å². The SMILES string of the molecule is O=C(Nc1ccc(Cl)nc1)c1ncc(F)o1. The van der Waals surface area contributed by atoms with Gasteiger partial charge < -0.3 is 9.73 Å². The van der Waals surface area contributed by atoms with Gasteiger partial charge in [-0.25, -0.2) is 9.97 Å². The van der Waals surface area contributed by atoms with Crippen LogP contribution in [-0.2, 0) is 0 Å². The van der Waals surface area contributed by atoms with Crippen LogP contribution >= 0.6 is 11.6 Å². The Balaban J connectivity index is 2.10. The molecule has 0 fully saturated rings. The average molecular weight is 242 g/mol. The molecule has 0 aromatic carbocycles. The summed E-state index contributed by atoms with van der Waals surface area (Å²) >= 11 is 5.56. The molecular formula is C9H5ClFN3O2. The van der Waals surface area contributed by atoms with Crippen molar-refractivity contribution in [2.45, 2.75) is 0 Å². The van der Waals surface area contributed by atoms with Gasteiger partial charge in [0.05, 0.1) is 11.9 Å². The Labute approximate surface area is 94.3 Å². The molecule has 2 aromatic heterocycles. The molecule has 0 radical (unpaired) electrons. The number of rotatable bonds is 2. The van der Waals surface area contributed by atoms with E-state index in [4.69, 9.17) is 11.6 Å². The minimum Gasteiger partial charge on any atom is -0.406 e. The van der Waals surface area contributed by atoms with Crippen LogP contribution in [-0.4, -0.2) is 15.9 Å². The highest BCUT2D eigenvalue weighted by molar-refractivity contribution is 6.29. The quantitative estimate of drug-likeness (QED) is 0.818. The summed E-state index contributed by atoms with van der Waals surface area (Å²) in [6.45, 7) is 0. The van der Waals surface area contributed by atoms with Crippen molar-refractivity contribution in [2.75, 3.05) is 5.32 Å². The molecule has 1 N–H and O–H groups in total. The maximum Gasteiger partial charge on any atom is 0.311 e. The molecule has 0 saturated carbocycles. The summed E-state index contributed by atoms with van der Waals surface area (Å²) in [7, 11) is 0. The van der Waals surface area contributed by atoms with Crippen molar-refractivity contribution in [3.8, 4) is 0 Å². The lowest BCUT2D eigenvalue weighted by Crippen LogP contribution is -2.12. The van der Waals surface area contributed by atoms with Gasteiger partial charge in [0.15, 0.2) is 0 Å². The van der Waals surface area contributed by atoms with Crippen LogP contribution in [0.1, 0.15) is 10.7 Å². The van der Waals surface area contributed by atoms with Crippen molar-refractivity contribution in [2.24, 2.45) is 0 Å². The predicted octanol–water partition coefficient (Wildman–Crippen LogP) is 2.11. The predicted molar refractivity (Wildman–Crippen MR) is 53.7 cm³/mol. The first-order chi connectivity index (χ1) is 7.65. The number of oxazole rings is 1. The molecule has 82 valence electrons. The summed E-state index contributed by atoms with van der Waals surface area (Å²) in [5.74, 6) is -1.01. The molecule has 0 atom stereocenters. The number of hydrogen-bond acceptors (Lipinski definition) is 4. The Morgan fingerprint density at radius 1 is 1.38 bits per heavy atom. The molecule has 1 amide bonds. The Bertz CT molecular complexity index is 512. The number of hydrogen-bond donors (Lipinski definition) is 1. The highest BCUT2D eigenvalue weighted by Crippen LogP contribution is 2.11. The second-order valence-corrected chi connectivity index (χ2v) is 3.18. The van der Waals surface area contributed by atoms with Crippen molar-refractivity contribution in [1.82, 2.24) is 9.97 Å². The van der Waals surface area contributed by atoms with Crippen LogP contribution in [0.2, 0.25) is 5.15 Å². The zero-order chi connectivity index (χ0) is 11.5. The first kappa shape index (κ1) is 10.6. The van der Waals surface area contributed by atoms with Crippen LogP contribution in [0.3, 0.4) is 0 Å². The van der Waals surface area contributed by atoms with E-state index in [0.717, 1.165) is 6.20 Å². The lowest BCUT2D eigenvalue weighted by Gasteiger charge is -2.00. The highest BCUT2D eigenvalue weighted by Gasteiger charge is 2.13. The van der Waals surface area contributed by atoms with Crippen LogP contribution in [0, 0.1) is 6.01 Å². The van der Waals surface area contributed by atoms with Crippen LogP contribution in [0.5, 0.6) is 0 Å². The molecular weight excluding hydrogens is 237 g/mol. The smallest absolute Gasteiger partial charge is 0.311 e. The molecule has 5 nitrogen and oxygen atoms in total. The fourth-order valence-electron chi connectivity index (χ4n) is 0.994. The van der Waals surface area contributed by atoms with Gasteiger partial charge in [-0.05, 0) is 12.1 Å². The molecule has 2 heterocycles. The van der Waals surface area contributed by atoms with E-state index in [-0.39, 0.29) is 5.89 Å². The molecule has 2 aromatic rings.